The molecule has 0 aliphatic carbocycles. The molecule has 1 aliphatic heterocycles. The van der Waals surface area contributed by atoms with E-state index in [1.54, 1.807) is 43.5 Å². The highest BCUT2D eigenvalue weighted by Crippen LogP contribution is 2.38. The van der Waals surface area contributed by atoms with E-state index < -0.39 is 10.0 Å². The van der Waals surface area contributed by atoms with Crippen molar-refractivity contribution in [1.29, 1.82) is 0 Å². The van der Waals surface area contributed by atoms with Gasteiger partial charge in [-0.1, -0.05) is 30.3 Å². The molecule has 6 nitrogen and oxygen atoms in total. The SMILES string of the molecule is COc1c(Br)cc(CC2NCCc3cc(O)c(NS(=O)(=O)Cc4ccccc4)cc32)cc1Br. The van der Waals surface area contributed by atoms with Crippen LogP contribution in [0.1, 0.15) is 28.3 Å². The number of fused-ring (bicyclic) bond motifs is 1. The average Bonchev–Trinajstić information content (AvgIpc) is 2.75. The molecule has 0 saturated carbocycles. The molecule has 9 heteroatoms. The van der Waals surface area contributed by atoms with E-state index >= 15 is 0 Å². The second-order valence-electron chi connectivity index (χ2n) is 7.97. The fourth-order valence-electron chi connectivity index (χ4n) is 4.10. The van der Waals surface area contributed by atoms with Gasteiger partial charge in [-0.3, -0.25) is 4.72 Å². The highest BCUT2D eigenvalue weighted by Gasteiger charge is 2.24. The molecular formula is C24H24Br2N2O4S. The monoisotopic (exact) mass is 594 g/mol. The van der Waals surface area contributed by atoms with E-state index in [0.29, 0.717) is 12.0 Å². The van der Waals surface area contributed by atoms with Crippen LogP contribution in [-0.4, -0.2) is 27.2 Å². The number of methoxy groups -OCH3 is 1. The molecule has 0 saturated heterocycles. The van der Waals surface area contributed by atoms with E-state index in [4.69, 9.17) is 4.74 Å². The highest BCUT2D eigenvalue weighted by molar-refractivity contribution is 9.11. The Morgan fingerprint density at radius 3 is 2.45 bits per heavy atom. The standard InChI is InChI=1S/C24H24Br2N2O4S/c1-32-24-19(25)9-16(10-20(24)26)11-21-18-13-22(23(29)12-17(18)7-8-27-21)28-33(30,31)14-15-5-3-2-4-6-15/h2-6,9-10,12-13,21,27-29H,7-8,11,14H2,1H3. The van der Waals surface area contributed by atoms with Crippen LogP contribution >= 0.6 is 31.9 Å². The lowest BCUT2D eigenvalue weighted by Gasteiger charge is -2.28. The maximum atomic E-state index is 12.7. The Labute approximate surface area is 210 Å². The van der Waals surface area contributed by atoms with Crippen molar-refractivity contribution in [3.05, 3.63) is 85.8 Å². The smallest absolute Gasteiger partial charge is 0.237 e. The number of aromatic hydroxyl groups is 1. The van der Waals surface area contributed by atoms with Crippen molar-refractivity contribution in [2.75, 3.05) is 18.4 Å². The molecule has 0 bridgehead atoms. The Balaban J connectivity index is 1.60. The summed E-state index contributed by atoms with van der Waals surface area (Å²) in [5.74, 6) is 0.497. The van der Waals surface area contributed by atoms with E-state index in [9.17, 15) is 13.5 Å². The minimum atomic E-state index is -3.69. The number of nitrogens with one attached hydrogen (secondary N) is 2. The van der Waals surface area contributed by atoms with Crippen molar-refractivity contribution >= 4 is 47.6 Å². The summed E-state index contributed by atoms with van der Waals surface area (Å²) in [6.45, 7) is 0.773. The zero-order valence-corrected chi connectivity index (χ0v) is 21.9. The molecule has 0 amide bonds. The van der Waals surface area contributed by atoms with Gasteiger partial charge in [-0.05, 0) is 97.8 Å². The number of phenolic OH excluding ortho intramolecular Hbond substituents is 1. The van der Waals surface area contributed by atoms with Crippen LogP contribution in [0.15, 0.2) is 63.5 Å². The molecule has 1 heterocycles. The van der Waals surface area contributed by atoms with Crippen LogP contribution in [0.3, 0.4) is 0 Å². The predicted octanol–water partition coefficient (Wildman–Crippen LogP) is 5.30. The third-order valence-electron chi connectivity index (χ3n) is 5.59. The zero-order valence-electron chi connectivity index (χ0n) is 17.9. The summed E-state index contributed by atoms with van der Waals surface area (Å²) in [4.78, 5) is 0. The third kappa shape index (κ3) is 5.71. The van der Waals surface area contributed by atoms with Gasteiger partial charge in [0.25, 0.3) is 0 Å². The van der Waals surface area contributed by atoms with Crippen molar-refractivity contribution in [3.63, 3.8) is 0 Å². The summed E-state index contributed by atoms with van der Waals surface area (Å²) in [5, 5.41) is 14.0. The Hall–Kier alpha value is -2.07. The lowest BCUT2D eigenvalue weighted by Crippen LogP contribution is -2.31. The number of rotatable bonds is 7. The van der Waals surface area contributed by atoms with E-state index in [0.717, 1.165) is 44.4 Å². The summed E-state index contributed by atoms with van der Waals surface area (Å²) in [6.07, 6.45) is 1.45. The third-order valence-corrected chi connectivity index (χ3v) is 8.01. The first kappa shape index (κ1) is 24.1. The number of halogens is 2. The van der Waals surface area contributed by atoms with Crippen LogP contribution in [0.25, 0.3) is 0 Å². The second-order valence-corrected chi connectivity index (χ2v) is 11.4. The first-order valence-electron chi connectivity index (χ1n) is 10.4. The van der Waals surface area contributed by atoms with Crippen LogP contribution in [0.4, 0.5) is 5.69 Å². The van der Waals surface area contributed by atoms with E-state index in [1.807, 2.05) is 18.2 Å². The van der Waals surface area contributed by atoms with Gasteiger partial charge < -0.3 is 15.2 Å². The van der Waals surface area contributed by atoms with Gasteiger partial charge in [0, 0.05) is 6.04 Å². The number of hydrogen-bond donors (Lipinski definition) is 3. The van der Waals surface area contributed by atoms with Gasteiger partial charge in [-0.25, -0.2) is 8.42 Å². The molecule has 174 valence electrons. The van der Waals surface area contributed by atoms with Gasteiger partial charge in [-0.15, -0.1) is 0 Å². The van der Waals surface area contributed by atoms with Gasteiger partial charge in [0.15, 0.2) is 0 Å². The number of benzene rings is 3. The lowest BCUT2D eigenvalue weighted by molar-refractivity contribution is 0.409. The number of anilines is 1. The second kappa shape index (κ2) is 10.0. The molecule has 3 N–H and O–H groups in total. The quantitative estimate of drug-likeness (QED) is 0.323. The Morgan fingerprint density at radius 2 is 1.79 bits per heavy atom. The highest BCUT2D eigenvalue weighted by atomic mass is 79.9. The van der Waals surface area contributed by atoms with Crippen LogP contribution in [0, 0.1) is 0 Å². The maximum absolute atomic E-state index is 12.7. The topological polar surface area (TPSA) is 87.7 Å². The summed E-state index contributed by atoms with van der Waals surface area (Å²) in [7, 11) is -2.07. The fourth-order valence-corrected chi connectivity index (χ4v) is 6.91. The number of sulfonamides is 1. The Bertz CT molecular complexity index is 1240. The minimum Gasteiger partial charge on any atom is -0.506 e. The van der Waals surface area contributed by atoms with Gasteiger partial charge in [0.1, 0.15) is 11.5 Å². The van der Waals surface area contributed by atoms with Gasteiger partial charge >= 0.3 is 0 Å². The Morgan fingerprint density at radius 1 is 1.09 bits per heavy atom. The predicted molar refractivity (Wildman–Crippen MR) is 137 cm³/mol. The summed E-state index contributed by atoms with van der Waals surface area (Å²) < 4.78 is 35.1. The molecule has 3 aromatic carbocycles. The fraction of sp³-hybridized carbons (Fsp3) is 0.250. The van der Waals surface area contributed by atoms with Crippen LogP contribution in [0.2, 0.25) is 0 Å². The first-order valence-corrected chi connectivity index (χ1v) is 13.6. The van der Waals surface area contributed by atoms with Gasteiger partial charge in [0.05, 0.1) is 27.5 Å². The minimum absolute atomic E-state index is 0.0288. The van der Waals surface area contributed by atoms with Crippen LogP contribution in [-0.2, 0) is 28.6 Å². The molecular weight excluding hydrogens is 572 g/mol. The molecule has 0 radical (unpaired) electrons. The number of ether oxygens (including phenoxy) is 1. The largest absolute Gasteiger partial charge is 0.506 e. The van der Waals surface area contributed by atoms with Crippen molar-refractivity contribution < 1.29 is 18.3 Å². The number of phenols is 1. The van der Waals surface area contributed by atoms with Crippen molar-refractivity contribution in [2.45, 2.75) is 24.6 Å². The molecule has 0 spiro atoms. The summed E-state index contributed by atoms with van der Waals surface area (Å²) >= 11 is 7.10. The maximum Gasteiger partial charge on any atom is 0.237 e. The normalized spacial score (nSPS) is 15.7. The number of hydrogen-bond acceptors (Lipinski definition) is 5. The molecule has 1 aliphatic rings. The van der Waals surface area contributed by atoms with Crippen molar-refractivity contribution in [3.8, 4) is 11.5 Å². The molecule has 1 atom stereocenters. The Kier molecular flexibility index (Phi) is 7.33. The van der Waals surface area contributed by atoms with Gasteiger partial charge in [-0.2, -0.15) is 0 Å². The van der Waals surface area contributed by atoms with Crippen LogP contribution < -0.4 is 14.8 Å². The molecule has 3 aromatic rings. The van der Waals surface area contributed by atoms with E-state index in [-0.39, 0.29) is 23.2 Å². The van der Waals surface area contributed by atoms with Crippen molar-refractivity contribution in [2.24, 2.45) is 0 Å². The molecule has 33 heavy (non-hydrogen) atoms. The summed E-state index contributed by atoms with van der Waals surface area (Å²) in [6, 6.07) is 16.4. The van der Waals surface area contributed by atoms with Gasteiger partial charge in [0.2, 0.25) is 10.0 Å². The molecule has 1 unspecified atom stereocenters. The first-order chi connectivity index (χ1) is 15.8. The van der Waals surface area contributed by atoms with E-state index in [2.05, 4.69) is 41.9 Å². The van der Waals surface area contributed by atoms with E-state index in [1.165, 1.54) is 0 Å². The summed E-state index contributed by atoms with van der Waals surface area (Å²) in [5.41, 5.74) is 3.93. The average molecular weight is 596 g/mol. The molecule has 0 fully saturated rings. The lowest BCUT2D eigenvalue weighted by atomic mass is 9.89. The molecule has 4 rings (SSSR count). The van der Waals surface area contributed by atoms with Crippen LogP contribution in [0.5, 0.6) is 11.5 Å². The zero-order chi connectivity index (χ0) is 23.6. The van der Waals surface area contributed by atoms with Crippen molar-refractivity contribution in [1.82, 2.24) is 5.32 Å². The molecule has 0 aromatic heterocycles.